The second-order valence-corrected chi connectivity index (χ2v) is 8.65. The summed E-state index contributed by atoms with van der Waals surface area (Å²) in [6.45, 7) is 11.4. The van der Waals surface area contributed by atoms with Crippen LogP contribution in [-0.4, -0.2) is 52.2 Å². The minimum atomic E-state index is -0.545. The van der Waals surface area contributed by atoms with E-state index in [2.05, 4.69) is 25.7 Å². The van der Waals surface area contributed by atoms with Crippen molar-refractivity contribution in [3.05, 3.63) is 71.9 Å². The van der Waals surface area contributed by atoms with E-state index in [0.717, 1.165) is 41.5 Å². The molecule has 0 bridgehead atoms. The van der Waals surface area contributed by atoms with Crippen LogP contribution in [0.1, 0.15) is 39.0 Å². The van der Waals surface area contributed by atoms with Crippen LogP contribution in [0.2, 0.25) is 0 Å². The molecule has 2 aromatic carbocycles. The Bertz CT molecular complexity index is 958. The first-order chi connectivity index (χ1) is 16.0. The number of para-hydroxylation sites is 2. The first-order valence-corrected chi connectivity index (χ1v) is 11.9. The number of nitrogens with zero attached hydrogens (tertiary/aromatic N) is 3. The Kier molecular flexibility index (Phi) is 9.48. The summed E-state index contributed by atoms with van der Waals surface area (Å²) in [4.78, 5) is 2.28. The molecule has 0 saturated carbocycles. The van der Waals surface area contributed by atoms with E-state index in [4.69, 9.17) is 14.6 Å². The third-order valence-electron chi connectivity index (χ3n) is 5.30. The first-order valence-electron chi connectivity index (χ1n) is 11.9. The Hall–Kier alpha value is -2.67. The minimum Gasteiger partial charge on any atom is -0.439 e. The van der Waals surface area contributed by atoms with Crippen molar-refractivity contribution in [2.75, 3.05) is 26.3 Å². The zero-order valence-corrected chi connectivity index (χ0v) is 20.3. The van der Waals surface area contributed by atoms with Crippen LogP contribution in [0.5, 0.6) is 11.6 Å². The highest BCUT2D eigenvalue weighted by atomic mass is 16.5. The summed E-state index contributed by atoms with van der Waals surface area (Å²) in [5, 5.41) is 15.5. The first kappa shape index (κ1) is 25.0. The molecule has 0 aliphatic carbocycles. The molecule has 0 radical (unpaired) electrons. The molecule has 1 heterocycles. The van der Waals surface area contributed by atoms with E-state index < -0.39 is 6.10 Å². The Morgan fingerprint density at radius 3 is 2.24 bits per heavy atom. The van der Waals surface area contributed by atoms with Crippen molar-refractivity contribution < 1.29 is 14.6 Å². The molecule has 1 atom stereocenters. The molecule has 1 N–H and O–H groups in total. The van der Waals surface area contributed by atoms with Crippen LogP contribution in [0.4, 0.5) is 0 Å². The van der Waals surface area contributed by atoms with Crippen molar-refractivity contribution in [2.45, 2.75) is 46.8 Å². The summed E-state index contributed by atoms with van der Waals surface area (Å²) in [5.41, 5.74) is 3.00. The Morgan fingerprint density at radius 2 is 1.64 bits per heavy atom. The van der Waals surface area contributed by atoms with Crippen molar-refractivity contribution in [3.8, 4) is 17.3 Å². The number of ether oxygens (including phenoxy) is 2. The Labute approximate surface area is 197 Å². The van der Waals surface area contributed by atoms with Gasteiger partial charge in [-0.2, -0.15) is 5.10 Å². The van der Waals surface area contributed by atoms with Gasteiger partial charge in [-0.3, -0.25) is 4.90 Å². The fraction of sp³-hybridized carbons (Fsp3) is 0.444. The third kappa shape index (κ3) is 7.16. The van der Waals surface area contributed by atoms with Crippen LogP contribution in [0, 0.1) is 5.92 Å². The van der Waals surface area contributed by atoms with E-state index in [9.17, 15) is 5.11 Å². The van der Waals surface area contributed by atoms with Crippen LogP contribution in [0.15, 0.2) is 60.7 Å². The van der Waals surface area contributed by atoms with Gasteiger partial charge in [-0.05, 0) is 43.5 Å². The lowest BCUT2D eigenvalue weighted by atomic mass is 10.1. The lowest BCUT2D eigenvalue weighted by Gasteiger charge is -2.27. The van der Waals surface area contributed by atoms with Gasteiger partial charge >= 0.3 is 0 Å². The molecule has 0 fully saturated rings. The number of benzene rings is 2. The van der Waals surface area contributed by atoms with E-state index in [1.807, 2.05) is 72.3 Å². The van der Waals surface area contributed by atoms with Gasteiger partial charge < -0.3 is 14.6 Å². The number of hydrogen-bond donors (Lipinski definition) is 1. The molecule has 0 aliphatic heterocycles. The molecular formula is C27H37N3O3. The maximum absolute atomic E-state index is 10.5. The summed E-state index contributed by atoms with van der Waals surface area (Å²) >= 11 is 0. The molecule has 6 nitrogen and oxygen atoms in total. The minimum absolute atomic E-state index is 0.336. The van der Waals surface area contributed by atoms with Crippen molar-refractivity contribution in [1.82, 2.24) is 14.7 Å². The molecule has 33 heavy (non-hydrogen) atoms. The highest BCUT2D eigenvalue weighted by molar-refractivity contribution is 5.43. The van der Waals surface area contributed by atoms with Gasteiger partial charge in [0.15, 0.2) is 0 Å². The van der Waals surface area contributed by atoms with E-state index in [0.29, 0.717) is 32.2 Å². The van der Waals surface area contributed by atoms with Crippen molar-refractivity contribution >= 4 is 0 Å². The van der Waals surface area contributed by atoms with Gasteiger partial charge in [-0.25, -0.2) is 4.68 Å². The van der Waals surface area contributed by atoms with Crippen LogP contribution >= 0.6 is 0 Å². The summed E-state index contributed by atoms with van der Waals surface area (Å²) < 4.78 is 13.8. The number of aliphatic hydroxyl groups is 1. The molecule has 0 aliphatic rings. The maximum atomic E-state index is 10.5. The number of rotatable bonds is 13. The fourth-order valence-electron chi connectivity index (χ4n) is 3.92. The second kappa shape index (κ2) is 12.5. The molecule has 1 aromatic heterocycles. The second-order valence-electron chi connectivity index (χ2n) is 8.65. The smallest absolute Gasteiger partial charge is 0.227 e. The maximum Gasteiger partial charge on any atom is 0.227 e. The molecule has 0 spiro atoms. The van der Waals surface area contributed by atoms with Crippen LogP contribution < -0.4 is 4.74 Å². The number of aryl methyl sites for hydroxylation is 1. The fourth-order valence-corrected chi connectivity index (χ4v) is 3.92. The Balaban J connectivity index is 1.99. The van der Waals surface area contributed by atoms with Gasteiger partial charge in [0.05, 0.1) is 29.7 Å². The van der Waals surface area contributed by atoms with Gasteiger partial charge in [0, 0.05) is 26.2 Å². The third-order valence-corrected chi connectivity index (χ3v) is 5.30. The predicted molar refractivity (Wildman–Crippen MR) is 132 cm³/mol. The highest BCUT2D eigenvalue weighted by Crippen LogP contribution is 2.32. The molecule has 0 saturated heterocycles. The van der Waals surface area contributed by atoms with Crippen LogP contribution in [-0.2, 0) is 17.7 Å². The summed E-state index contributed by atoms with van der Waals surface area (Å²) in [5.74, 6) is 1.94. The van der Waals surface area contributed by atoms with Gasteiger partial charge in [0.25, 0.3) is 0 Å². The number of aromatic nitrogens is 2. The zero-order chi connectivity index (χ0) is 23.6. The molecule has 3 rings (SSSR count). The quantitative estimate of drug-likeness (QED) is 0.393. The molecule has 3 aromatic rings. The molecule has 6 heteroatoms. The molecule has 0 amide bonds. The number of aliphatic hydroxyl groups excluding tert-OH is 1. The van der Waals surface area contributed by atoms with E-state index in [1.165, 1.54) is 0 Å². The van der Waals surface area contributed by atoms with Gasteiger partial charge in [-0.15, -0.1) is 0 Å². The van der Waals surface area contributed by atoms with Gasteiger partial charge in [-0.1, -0.05) is 57.2 Å². The number of hydrogen-bond acceptors (Lipinski definition) is 5. The predicted octanol–water partition coefficient (Wildman–Crippen LogP) is 5.08. The lowest BCUT2D eigenvalue weighted by Crippen LogP contribution is -2.37. The van der Waals surface area contributed by atoms with Gasteiger partial charge in [0.1, 0.15) is 5.75 Å². The average molecular weight is 452 g/mol. The van der Waals surface area contributed by atoms with Crippen LogP contribution in [0.25, 0.3) is 5.69 Å². The van der Waals surface area contributed by atoms with Crippen molar-refractivity contribution in [3.63, 3.8) is 0 Å². The molecule has 178 valence electrons. The highest BCUT2D eigenvalue weighted by Gasteiger charge is 2.24. The summed E-state index contributed by atoms with van der Waals surface area (Å²) in [6.07, 6.45) is 0.244. The summed E-state index contributed by atoms with van der Waals surface area (Å²) in [7, 11) is 0. The van der Waals surface area contributed by atoms with E-state index >= 15 is 0 Å². The zero-order valence-electron chi connectivity index (χ0n) is 20.3. The lowest BCUT2D eigenvalue weighted by molar-refractivity contribution is 0.0173. The molecule has 1 unspecified atom stereocenters. The largest absolute Gasteiger partial charge is 0.439 e. The Morgan fingerprint density at radius 1 is 0.970 bits per heavy atom. The van der Waals surface area contributed by atoms with E-state index in [-0.39, 0.29) is 0 Å². The topological polar surface area (TPSA) is 59.8 Å². The van der Waals surface area contributed by atoms with Crippen LogP contribution in [0.3, 0.4) is 0 Å². The van der Waals surface area contributed by atoms with Gasteiger partial charge in [0.2, 0.25) is 5.88 Å². The normalized spacial score (nSPS) is 12.5. The van der Waals surface area contributed by atoms with E-state index in [1.54, 1.807) is 0 Å². The van der Waals surface area contributed by atoms with Crippen molar-refractivity contribution in [2.24, 2.45) is 5.92 Å². The average Bonchev–Trinajstić information content (AvgIpc) is 3.15. The molecular weight excluding hydrogens is 414 g/mol. The SMILES string of the molecule is CCOCC(O)CN(Cc1c(CC)nn(-c2ccccc2)c1Oc1ccccc1)CC(C)C. The standard InChI is InChI=1S/C27H37N3O3/c1-5-26-25(19-29(17-21(3)4)18-23(31)20-32-6-2)27(33-24-15-11-8-12-16-24)30(28-26)22-13-9-7-10-14-22/h7-16,21,23,31H,5-6,17-20H2,1-4H3. The summed E-state index contributed by atoms with van der Waals surface area (Å²) in [6, 6.07) is 19.9. The monoisotopic (exact) mass is 451 g/mol. The van der Waals surface area contributed by atoms with Crippen molar-refractivity contribution in [1.29, 1.82) is 0 Å².